The number of benzene rings is 1. The van der Waals surface area contributed by atoms with E-state index in [0.717, 1.165) is 31.6 Å². The highest BCUT2D eigenvalue weighted by Crippen LogP contribution is 2.31. The molecule has 0 spiro atoms. The number of sulfone groups is 1. The maximum Gasteiger partial charge on any atom is 0.244 e. The van der Waals surface area contributed by atoms with Crippen LogP contribution >= 0.6 is 11.6 Å². The Kier molecular flexibility index (Phi) is 4.68. The lowest BCUT2D eigenvalue weighted by atomic mass is 10.1. The molecule has 0 saturated carbocycles. The van der Waals surface area contributed by atoms with Gasteiger partial charge in [0.2, 0.25) is 10.0 Å². The Hall–Kier alpha value is -0.630. The van der Waals surface area contributed by atoms with Crippen LogP contribution in [-0.4, -0.2) is 40.0 Å². The van der Waals surface area contributed by atoms with Gasteiger partial charge in [0.25, 0.3) is 0 Å². The van der Waals surface area contributed by atoms with Crippen molar-refractivity contribution in [2.24, 2.45) is 0 Å². The summed E-state index contributed by atoms with van der Waals surface area (Å²) < 4.78 is 50.1. The molecule has 1 aromatic carbocycles. The summed E-state index contributed by atoms with van der Waals surface area (Å²) in [5, 5.41) is 0.0418. The largest absolute Gasteiger partial charge is 0.244 e. The van der Waals surface area contributed by atoms with E-state index in [1.165, 1.54) is 16.4 Å². The van der Waals surface area contributed by atoms with Gasteiger partial charge in [-0.15, -0.1) is 0 Å². The van der Waals surface area contributed by atoms with Gasteiger partial charge in [0.05, 0.1) is 9.92 Å². The molecule has 1 aliphatic heterocycles. The first-order chi connectivity index (χ1) is 9.64. The molecule has 118 valence electrons. The predicted octanol–water partition coefficient (Wildman–Crippen LogP) is 2.31. The minimum atomic E-state index is -3.79. The summed E-state index contributed by atoms with van der Waals surface area (Å²) in [4.78, 5) is -0.184. The summed E-state index contributed by atoms with van der Waals surface area (Å²) in [6.45, 7) is 2.29. The fraction of sp³-hybridized carbons (Fsp3) is 0.538. The van der Waals surface area contributed by atoms with Crippen molar-refractivity contribution < 1.29 is 16.8 Å². The highest BCUT2D eigenvalue weighted by molar-refractivity contribution is 7.91. The van der Waals surface area contributed by atoms with Crippen LogP contribution in [0.5, 0.6) is 0 Å². The molecule has 0 amide bonds. The molecule has 5 nitrogen and oxygen atoms in total. The quantitative estimate of drug-likeness (QED) is 0.837. The van der Waals surface area contributed by atoms with Crippen molar-refractivity contribution >= 4 is 31.5 Å². The van der Waals surface area contributed by atoms with Crippen LogP contribution in [-0.2, 0) is 19.9 Å². The summed E-state index contributed by atoms with van der Waals surface area (Å²) in [6, 6.07) is 3.67. The Labute approximate surface area is 130 Å². The van der Waals surface area contributed by atoms with Gasteiger partial charge >= 0.3 is 0 Å². The Morgan fingerprint density at radius 1 is 1.19 bits per heavy atom. The fourth-order valence-electron chi connectivity index (χ4n) is 2.47. The molecular weight excluding hydrogens is 334 g/mol. The van der Waals surface area contributed by atoms with Gasteiger partial charge in [0.1, 0.15) is 4.90 Å². The van der Waals surface area contributed by atoms with Crippen LogP contribution in [0.15, 0.2) is 28.0 Å². The van der Waals surface area contributed by atoms with Crippen molar-refractivity contribution in [1.82, 2.24) is 4.31 Å². The van der Waals surface area contributed by atoms with Crippen molar-refractivity contribution in [1.29, 1.82) is 0 Å². The van der Waals surface area contributed by atoms with Crippen molar-refractivity contribution in [3.63, 3.8) is 0 Å². The average molecular weight is 352 g/mol. The molecule has 1 fully saturated rings. The van der Waals surface area contributed by atoms with Gasteiger partial charge in [-0.1, -0.05) is 18.0 Å². The van der Waals surface area contributed by atoms with Crippen molar-refractivity contribution in [2.75, 3.05) is 12.8 Å². The van der Waals surface area contributed by atoms with E-state index in [1.807, 2.05) is 6.92 Å². The summed E-state index contributed by atoms with van der Waals surface area (Å²) in [6.07, 6.45) is 3.62. The predicted molar refractivity (Wildman–Crippen MR) is 81.8 cm³/mol. The standard InChI is InChI=1S/C13H18ClNO4S2/c1-10-5-3-4-8-15(10)21(18,19)13-9-11(20(2,16)17)6-7-12(13)14/h6-7,9-10H,3-5,8H2,1-2H3. The minimum absolute atomic E-state index is 0.0418. The van der Waals surface area contributed by atoms with Gasteiger partial charge in [-0.25, -0.2) is 16.8 Å². The molecule has 1 unspecified atom stereocenters. The van der Waals surface area contributed by atoms with E-state index in [-0.39, 0.29) is 20.9 Å². The number of rotatable bonds is 3. The summed E-state index contributed by atoms with van der Waals surface area (Å²) >= 11 is 6.00. The van der Waals surface area contributed by atoms with E-state index < -0.39 is 19.9 Å². The molecule has 1 heterocycles. The van der Waals surface area contributed by atoms with Crippen LogP contribution in [0.4, 0.5) is 0 Å². The second-order valence-corrected chi connectivity index (χ2v) is 9.61. The number of piperidine rings is 1. The summed E-state index contributed by atoms with van der Waals surface area (Å²) in [7, 11) is -7.28. The number of sulfonamides is 1. The van der Waals surface area contributed by atoms with Crippen LogP contribution in [0.3, 0.4) is 0 Å². The average Bonchev–Trinajstić information content (AvgIpc) is 2.37. The first-order valence-electron chi connectivity index (χ1n) is 6.65. The van der Waals surface area contributed by atoms with E-state index in [2.05, 4.69) is 0 Å². The lowest BCUT2D eigenvalue weighted by Gasteiger charge is -2.32. The smallest absolute Gasteiger partial charge is 0.224 e. The van der Waals surface area contributed by atoms with Crippen molar-refractivity contribution in [2.45, 2.75) is 42.0 Å². The van der Waals surface area contributed by atoms with Crippen LogP contribution < -0.4 is 0 Å². The third-order valence-corrected chi connectivity index (χ3v) is 7.26. The summed E-state index contributed by atoms with van der Waals surface area (Å²) in [5.74, 6) is 0. The van der Waals surface area contributed by atoms with E-state index >= 15 is 0 Å². The van der Waals surface area contributed by atoms with Gasteiger partial charge < -0.3 is 0 Å². The molecule has 1 saturated heterocycles. The highest BCUT2D eigenvalue weighted by atomic mass is 35.5. The van der Waals surface area contributed by atoms with Gasteiger partial charge in [0, 0.05) is 18.8 Å². The van der Waals surface area contributed by atoms with E-state index in [0.29, 0.717) is 6.54 Å². The number of halogens is 1. The molecule has 0 aliphatic carbocycles. The zero-order valence-electron chi connectivity index (χ0n) is 11.9. The zero-order chi connectivity index (χ0) is 15.8. The molecule has 1 aromatic rings. The molecule has 1 aliphatic rings. The molecular formula is C13H18ClNO4S2. The first-order valence-corrected chi connectivity index (χ1v) is 10.4. The Morgan fingerprint density at radius 2 is 1.86 bits per heavy atom. The molecule has 0 radical (unpaired) electrons. The summed E-state index contributed by atoms with van der Waals surface area (Å²) in [5.41, 5.74) is 0. The molecule has 1 atom stereocenters. The monoisotopic (exact) mass is 351 g/mol. The van der Waals surface area contributed by atoms with E-state index in [9.17, 15) is 16.8 Å². The van der Waals surface area contributed by atoms with Gasteiger partial charge in [-0.2, -0.15) is 4.31 Å². The van der Waals surface area contributed by atoms with Crippen LogP contribution in [0.2, 0.25) is 5.02 Å². The van der Waals surface area contributed by atoms with Crippen LogP contribution in [0.1, 0.15) is 26.2 Å². The van der Waals surface area contributed by atoms with Crippen molar-refractivity contribution in [3.05, 3.63) is 23.2 Å². The normalized spacial score (nSPS) is 21.4. The Balaban J connectivity index is 2.54. The first kappa shape index (κ1) is 16.7. The second kappa shape index (κ2) is 5.87. The Bertz CT molecular complexity index is 743. The highest BCUT2D eigenvalue weighted by Gasteiger charge is 2.33. The molecule has 21 heavy (non-hydrogen) atoms. The van der Waals surface area contributed by atoms with E-state index in [1.54, 1.807) is 0 Å². The number of nitrogens with zero attached hydrogens (tertiary/aromatic N) is 1. The van der Waals surface area contributed by atoms with E-state index in [4.69, 9.17) is 11.6 Å². The van der Waals surface area contributed by atoms with Crippen LogP contribution in [0, 0.1) is 0 Å². The lowest BCUT2D eigenvalue weighted by molar-refractivity contribution is 0.268. The molecule has 0 bridgehead atoms. The topological polar surface area (TPSA) is 71.5 Å². The third-order valence-electron chi connectivity index (χ3n) is 3.66. The molecule has 8 heteroatoms. The Morgan fingerprint density at radius 3 is 2.43 bits per heavy atom. The fourth-order valence-corrected chi connectivity index (χ4v) is 5.39. The lowest BCUT2D eigenvalue weighted by Crippen LogP contribution is -2.42. The SMILES string of the molecule is CC1CCCCN1S(=O)(=O)c1cc(S(C)(=O)=O)ccc1Cl. The van der Waals surface area contributed by atoms with Gasteiger partial charge in [-0.05, 0) is 38.0 Å². The number of hydrogen-bond donors (Lipinski definition) is 0. The molecule has 2 rings (SSSR count). The zero-order valence-corrected chi connectivity index (χ0v) is 14.3. The number of hydrogen-bond acceptors (Lipinski definition) is 4. The molecule has 0 aromatic heterocycles. The van der Waals surface area contributed by atoms with Crippen molar-refractivity contribution in [3.8, 4) is 0 Å². The van der Waals surface area contributed by atoms with Crippen LogP contribution in [0.25, 0.3) is 0 Å². The third kappa shape index (κ3) is 3.41. The molecule has 0 N–H and O–H groups in total. The maximum atomic E-state index is 12.7. The van der Waals surface area contributed by atoms with Gasteiger partial charge in [-0.3, -0.25) is 0 Å². The maximum absolute atomic E-state index is 12.7. The van der Waals surface area contributed by atoms with Gasteiger partial charge in [0.15, 0.2) is 9.84 Å². The second-order valence-electron chi connectivity index (χ2n) is 5.32. The minimum Gasteiger partial charge on any atom is -0.224 e.